The average Bonchev–Trinajstić information content (AvgIpc) is 3.01. The van der Waals surface area contributed by atoms with Gasteiger partial charge in [0, 0.05) is 0 Å². The fourth-order valence-electron chi connectivity index (χ4n) is 3.24. The molecule has 0 radical (unpaired) electrons. The van der Waals surface area contributed by atoms with Crippen molar-refractivity contribution < 1.29 is 0 Å². The second kappa shape index (κ2) is 14.6. The summed E-state index contributed by atoms with van der Waals surface area (Å²) in [5, 5.41) is 0. The highest BCUT2D eigenvalue weighted by Gasteiger charge is 2.04. The Kier molecular flexibility index (Phi) is 13.1. The van der Waals surface area contributed by atoms with Crippen molar-refractivity contribution in [1.29, 1.82) is 0 Å². The molecule has 122 valence electrons. The van der Waals surface area contributed by atoms with Gasteiger partial charge in [0.2, 0.25) is 0 Å². The molecule has 1 aliphatic rings. The van der Waals surface area contributed by atoms with Crippen LogP contribution >= 0.6 is 0 Å². The third-order valence-electron chi connectivity index (χ3n) is 4.72. The summed E-state index contributed by atoms with van der Waals surface area (Å²) in [5.41, 5.74) is 4.95. The standard InChI is InChI=1S/C20H38Si/c1-2-3-4-5-6-7-8-9-10-11-12-13-14-15-18-21-19-16-17-20-21/h16-17,19-21H,2-15,18H2,1H3. The molecule has 0 aromatic rings. The summed E-state index contributed by atoms with van der Waals surface area (Å²) >= 11 is 0. The summed E-state index contributed by atoms with van der Waals surface area (Å²) < 4.78 is 0. The molecule has 0 aliphatic carbocycles. The number of rotatable bonds is 15. The summed E-state index contributed by atoms with van der Waals surface area (Å²) in [6, 6.07) is 1.50. The summed E-state index contributed by atoms with van der Waals surface area (Å²) in [6.07, 6.45) is 25.1. The molecule has 0 saturated carbocycles. The first-order chi connectivity index (χ1) is 10.4. The Balaban J connectivity index is 1.67. The van der Waals surface area contributed by atoms with E-state index in [1.165, 1.54) is 95.9 Å². The van der Waals surface area contributed by atoms with Crippen LogP contribution < -0.4 is 0 Å². The van der Waals surface area contributed by atoms with Crippen molar-refractivity contribution in [1.82, 2.24) is 0 Å². The average molecular weight is 307 g/mol. The van der Waals surface area contributed by atoms with Crippen molar-refractivity contribution in [3.8, 4) is 0 Å². The van der Waals surface area contributed by atoms with Gasteiger partial charge in [-0.2, -0.15) is 0 Å². The van der Waals surface area contributed by atoms with Gasteiger partial charge in [-0.3, -0.25) is 0 Å². The Morgan fingerprint density at radius 2 is 0.905 bits per heavy atom. The first-order valence-corrected chi connectivity index (χ1v) is 11.9. The van der Waals surface area contributed by atoms with Crippen LogP contribution in [0.1, 0.15) is 96.8 Å². The molecule has 0 fully saturated rings. The summed E-state index contributed by atoms with van der Waals surface area (Å²) in [6.45, 7) is 2.30. The Morgan fingerprint density at radius 1 is 0.524 bits per heavy atom. The summed E-state index contributed by atoms with van der Waals surface area (Å²) in [5.74, 6) is 0. The maximum absolute atomic E-state index is 2.47. The lowest BCUT2D eigenvalue weighted by atomic mass is 10.0. The number of allylic oxidation sites excluding steroid dienone is 2. The fourth-order valence-corrected chi connectivity index (χ4v) is 5.35. The second-order valence-electron chi connectivity index (χ2n) is 6.82. The second-order valence-corrected chi connectivity index (χ2v) is 9.49. The quantitative estimate of drug-likeness (QED) is 0.228. The lowest BCUT2D eigenvalue weighted by Gasteiger charge is -2.04. The minimum absolute atomic E-state index is 0.531. The van der Waals surface area contributed by atoms with E-state index in [1.807, 2.05) is 0 Å². The Hall–Kier alpha value is -0.303. The molecule has 0 bridgehead atoms. The van der Waals surface area contributed by atoms with E-state index >= 15 is 0 Å². The fraction of sp³-hybridized carbons (Fsp3) is 0.800. The van der Waals surface area contributed by atoms with Crippen LogP contribution in [0.4, 0.5) is 0 Å². The molecule has 0 saturated heterocycles. The zero-order valence-corrected chi connectivity index (χ0v) is 15.6. The predicted octanol–water partition coefficient (Wildman–Crippen LogP) is 6.90. The molecule has 0 spiro atoms. The maximum atomic E-state index is 2.47. The predicted molar refractivity (Wildman–Crippen MR) is 101 cm³/mol. The first-order valence-electron chi connectivity index (χ1n) is 9.78. The lowest BCUT2D eigenvalue weighted by Crippen LogP contribution is -2.01. The van der Waals surface area contributed by atoms with Crippen molar-refractivity contribution in [3.05, 3.63) is 23.6 Å². The maximum Gasteiger partial charge on any atom is 0.0852 e. The largest absolute Gasteiger partial charge is 0.0935 e. The van der Waals surface area contributed by atoms with Crippen LogP contribution in [0.5, 0.6) is 0 Å². The monoisotopic (exact) mass is 306 g/mol. The third-order valence-corrected chi connectivity index (χ3v) is 7.23. The molecule has 21 heavy (non-hydrogen) atoms. The highest BCUT2D eigenvalue weighted by Crippen LogP contribution is 2.14. The van der Waals surface area contributed by atoms with E-state index in [1.54, 1.807) is 0 Å². The van der Waals surface area contributed by atoms with Crippen LogP contribution in [0.25, 0.3) is 0 Å². The zero-order chi connectivity index (χ0) is 15.0. The number of hydrogen-bond acceptors (Lipinski definition) is 0. The van der Waals surface area contributed by atoms with Gasteiger partial charge in [0.05, 0.1) is 8.80 Å². The van der Waals surface area contributed by atoms with Gasteiger partial charge < -0.3 is 0 Å². The molecule has 0 nitrogen and oxygen atoms in total. The molecule has 0 aromatic carbocycles. The van der Waals surface area contributed by atoms with Crippen LogP contribution in [-0.4, -0.2) is 8.80 Å². The Morgan fingerprint density at radius 3 is 1.33 bits per heavy atom. The molecule has 1 heterocycles. The van der Waals surface area contributed by atoms with Crippen molar-refractivity contribution in [2.45, 2.75) is 103 Å². The first kappa shape index (κ1) is 18.7. The van der Waals surface area contributed by atoms with E-state index in [4.69, 9.17) is 0 Å². The number of unbranched alkanes of at least 4 members (excludes halogenated alkanes) is 13. The number of hydrogen-bond donors (Lipinski definition) is 0. The van der Waals surface area contributed by atoms with Crippen molar-refractivity contribution in [2.75, 3.05) is 0 Å². The third kappa shape index (κ3) is 12.0. The van der Waals surface area contributed by atoms with Crippen LogP contribution in [0.2, 0.25) is 6.04 Å². The molecule has 0 unspecified atom stereocenters. The van der Waals surface area contributed by atoms with Gasteiger partial charge in [0.15, 0.2) is 0 Å². The summed E-state index contributed by atoms with van der Waals surface area (Å²) in [7, 11) is -0.531. The smallest absolute Gasteiger partial charge is 0.0852 e. The molecule has 1 rings (SSSR count). The van der Waals surface area contributed by atoms with E-state index in [0.29, 0.717) is 0 Å². The summed E-state index contributed by atoms with van der Waals surface area (Å²) in [4.78, 5) is 0. The van der Waals surface area contributed by atoms with Gasteiger partial charge in [-0.05, 0) is 0 Å². The molecular formula is C20H38Si. The van der Waals surface area contributed by atoms with Crippen molar-refractivity contribution in [3.63, 3.8) is 0 Å². The van der Waals surface area contributed by atoms with Gasteiger partial charge in [-0.25, -0.2) is 0 Å². The zero-order valence-electron chi connectivity index (χ0n) is 14.5. The molecule has 0 N–H and O–H groups in total. The van der Waals surface area contributed by atoms with E-state index < -0.39 is 8.80 Å². The van der Waals surface area contributed by atoms with Gasteiger partial charge in [0.1, 0.15) is 0 Å². The highest BCUT2D eigenvalue weighted by molar-refractivity contribution is 6.70. The van der Waals surface area contributed by atoms with E-state index in [2.05, 4.69) is 30.5 Å². The van der Waals surface area contributed by atoms with Crippen molar-refractivity contribution >= 4 is 8.80 Å². The van der Waals surface area contributed by atoms with E-state index in [-0.39, 0.29) is 0 Å². The molecule has 0 aromatic heterocycles. The van der Waals surface area contributed by atoms with Crippen LogP contribution in [0.3, 0.4) is 0 Å². The van der Waals surface area contributed by atoms with Gasteiger partial charge in [-0.1, -0.05) is 126 Å². The molecule has 0 atom stereocenters. The highest BCUT2D eigenvalue weighted by atomic mass is 28.3. The van der Waals surface area contributed by atoms with Gasteiger partial charge in [0.25, 0.3) is 0 Å². The minimum atomic E-state index is -0.531. The topological polar surface area (TPSA) is 0 Å². The van der Waals surface area contributed by atoms with Crippen LogP contribution in [0, 0.1) is 0 Å². The molecule has 1 aliphatic heterocycles. The van der Waals surface area contributed by atoms with E-state index in [0.717, 1.165) is 0 Å². The Bertz CT molecular complexity index is 255. The lowest BCUT2D eigenvalue weighted by molar-refractivity contribution is 0.538. The van der Waals surface area contributed by atoms with E-state index in [9.17, 15) is 0 Å². The molecular weight excluding hydrogens is 268 g/mol. The molecule has 1 heteroatoms. The Labute approximate surface area is 135 Å². The van der Waals surface area contributed by atoms with Gasteiger partial charge in [-0.15, -0.1) is 0 Å². The van der Waals surface area contributed by atoms with Gasteiger partial charge >= 0.3 is 0 Å². The van der Waals surface area contributed by atoms with Crippen LogP contribution in [-0.2, 0) is 0 Å². The van der Waals surface area contributed by atoms with Crippen LogP contribution in [0.15, 0.2) is 23.6 Å². The van der Waals surface area contributed by atoms with Crippen molar-refractivity contribution in [2.24, 2.45) is 0 Å². The minimum Gasteiger partial charge on any atom is -0.0935 e. The normalized spacial score (nSPS) is 14.3. The SMILES string of the molecule is CCCCCCCCCCCCCCCC[SiH]1C=CC=C1. The molecule has 0 amide bonds.